The van der Waals surface area contributed by atoms with Crippen LogP contribution < -0.4 is 4.74 Å². The zero-order valence-electron chi connectivity index (χ0n) is 14.8. The number of aromatic nitrogens is 1. The number of hydrogen-bond donors (Lipinski definition) is 0. The van der Waals surface area contributed by atoms with E-state index in [2.05, 4.69) is 11.1 Å². The van der Waals surface area contributed by atoms with Crippen molar-refractivity contribution in [2.24, 2.45) is 5.92 Å². The minimum Gasteiger partial charge on any atom is -0.493 e. The lowest BCUT2D eigenvalue weighted by Gasteiger charge is -2.23. The maximum atomic E-state index is 12.9. The molecule has 1 aromatic heterocycles. The van der Waals surface area contributed by atoms with Gasteiger partial charge in [-0.15, -0.1) is 0 Å². The van der Waals surface area contributed by atoms with Crippen molar-refractivity contribution in [2.45, 2.75) is 31.8 Å². The van der Waals surface area contributed by atoms with Crippen molar-refractivity contribution >= 4 is 5.91 Å². The van der Waals surface area contributed by atoms with Gasteiger partial charge in [0.25, 0.3) is 5.91 Å². The minimum atomic E-state index is 0.0509. The maximum absolute atomic E-state index is 12.9. The summed E-state index contributed by atoms with van der Waals surface area (Å²) >= 11 is 0. The lowest BCUT2D eigenvalue weighted by Crippen LogP contribution is -2.32. The highest BCUT2D eigenvalue weighted by Crippen LogP contribution is 2.30. The molecule has 0 spiro atoms. The molecular formula is C21H24N2O3. The fraction of sp³-hybridized carbons (Fsp3) is 0.429. The summed E-state index contributed by atoms with van der Waals surface area (Å²) in [6, 6.07) is 12.0. The summed E-state index contributed by atoms with van der Waals surface area (Å²) in [5.74, 6) is 1.39. The predicted molar refractivity (Wildman–Crippen MR) is 98.0 cm³/mol. The molecule has 1 saturated heterocycles. The largest absolute Gasteiger partial charge is 0.493 e. The lowest BCUT2D eigenvalue weighted by molar-refractivity contribution is 0.0729. The highest BCUT2D eigenvalue weighted by molar-refractivity contribution is 5.94. The number of nitrogens with zero attached hydrogens (tertiary/aromatic N) is 2. The molecule has 2 aromatic rings. The van der Waals surface area contributed by atoms with Crippen LogP contribution in [-0.2, 0) is 11.3 Å². The Kier molecular flexibility index (Phi) is 5.16. The molecule has 5 heteroatoms. The molecule has 0 bridgehead atoms. The molecule has 4 rings (SSSR count). The van der Waals surface area contributed by atoms with Crippen molar-refractivity contribution in [1.29, 1.82) is 0 Å². The number of pyridine rings is 1. The molecule has 26 heavy (non-hydrogen) atoms. The summed E-state index contributed by atoms with van der Waals surface area (Å²) < 4.78 is 11.3. The van der Waals surface area contributed by atoms with E-state index in [9.17, 15) is 4.79 Å². The van der Waals surface area contributed by atoms with Gasteiger partial charge in [-0.3, -0.25) is 9.78 Å². The van der Waals surface area contributed by atoms with Gasteiger partial charge in [0.1, 0.15) is 5.75 Å². The third-order valence-electron chi connectivity index (χ3n) is 4.92. The third-order valence-corrected chi connectivity index (χ3v) is 4.92. The van der Waals surface area contributed by atoms with E-state index >= 15 is 0 Å². The van der Waals surface area contributed by atoms with Gasteiger partial charge in [-0.25, -0.2) is 0 Å². The monoisotopic (exact) mass is 352 g/mol. The minimum absolute atomic E-state index is 0.0509. The molecule has 2 aliphatic rings. The maximum Gasteiger partial charge on any atom is 0.255 e. The van der Waals surface area contributed by atoms with Gasteiger partial charge in [0.2, 0.25) is 0 Å². The number of rotatable bonds is 7. The molecular weight excluding hydrogens is 328 g/mol. The van der Waals surface area contributed by atoms with Crippen LogP contribution in [0.25, 0.3) is 0 Å². The number of hydrogen-bond acceptors (Lipinski definition) is 4. The third kappa shape index (κ3) is 4.22. The smallest absolute Gasteiger partial charge is 0.255 e. The molecule has 1 aromatic carbocycles. The molecule has 1 unspecified atom stereocenters. The Morgan fingerprint density at radius 1 is 1.23 bits per heavy atom. The Morgan fingerprint density at radius 3 is 2.88 bits per heavy atom. The molecule has 2 heterocycles. The summed E-state index contributed by atoms with van der Waals surface area (Å²) in [5.41, 5.74) is 1.74. The summed E-state index contributed by atoms with van der Waals surface area (Å²) in [5, 5.41) is 0. The van der Waals surface area contributed by atoms with Crippen molar-refractivity contribution < 1.29 is 14.3 Å². The second-order valence-electron chi connectivity index (χ2n) is 7.09. The van der Waals surface area contributed by atoms with Crippen molar-refractivity contribution in [3.63, 3.8) is 0 Å². The molecule has 5 nitrogen and oxygen atoms in total. The van der Waals surface area contributed by atoms with Crippen LogP contribution in [0.3, 0.4) is 0 Å². The first kappa shape index (κ1) is 17.0. The van der Waals surface area contributed by atoms with E-state index in [1.165, 1.54) is 0 Å². The van der Waals surface area contributed by atoms with Gasteiger partial charge in [0.15, 0.2) is 0 Å². The molecule has 2 fully saturated rings. The lowest BCUT2D eigenvalue weighted by atomic mass is 10.1. The first-order valence-corrected chi connectivity index (χ1v) is 9.30. The standard InChI is InChI=1S/C21H24N2O3/c24-21(18-4-2-9-22-12-18)23(19-6-7-19)13-16-3-1-5-20(11-16)26-15-17-8-10-25-14-17/h1-5,9,11-12,17,19H,6-8,10,13-15H2. The number of carbonyl (C=O) groups is 1. The Hall–Kier alpha value is -2.40. The average Bonchev–Trinajstić information content (AvgIpc) is 3.40. The van der Waals surface area contributed by atoms with Crippen molar-refractivity contribution in [1.82, 2.24) is 9.88 Å². The van der Waals surface area contributed by atoms with Gasteiger partial charge < -0.3 is 14.4 Å². The van der Waals surface area contributed by atoms with Crippen LogP contribution in [0.5, 0.6) is 5.75 Å². The van der Waals surface area contributed by atoms with Crippen LogP contribution in [0.2, 0.25) is 0 Å². The summed E-state index contributed by atoms with van der Waals surface area (Å²) in [6.07, 6.45) is 6.54. The van der Waals surface area contributed by atoms with Crippen molar-refractivity contribution in [2.75, 3.05) is 19.8 Å². The Labute approximate surface area is 153 Å². The predicted octanol–water partition coefficient (Wildman–Crippen LogP) is 3.30. The highest BCUT2D eigenvalue weighted by atomic mass is 16.5. The number of ether oxygens (including phenoxy) is 2. The van der Waals surface area contributed by atoms with E-state index in [0.717, 1.165) is 43.8 Å². The van der Waals surface area contributed by atoms with Crippen LogP contribution in [0.15, 0.2) is 48.8 Å². The van der Waals surface area contributed by atoms with E-state index in [1.807, 2.05) is 29.2 Å². The van der Waals surface area contributed by atoms with Gasteiger partial charge in [0, 0.05) is 37.5 Å². The van der Waals surface area contributed by atoms with E-state index in [0.29, 0.717) is 30.7 Å². The Bertz CT molecular complexity index is 740. The van der Waals surface area contributed by atoms with Gasteiger partial charge >= 0.3 is 0 Å². The van der Waals surface area contributed by atoms with Crippen LogP contribution in [0.1, 0.15) is 35.2 Å². The normalized spacial score (nSPS) is 19.3. The van der Waals surface area contributed by atoms with Gasteiger partial charge in [-0.2, -0.15) is 0 Å². The average molecular weight is 352 g/mol. The second-order valence-corrected chi connectivity index (χ2v) is 7.09. The van der Waals surface area contributed by atoms with Crippen LogP contribution in [0.4, 0.5) is 0 Å². The zero-order chi connectivity index (χ0) is 17.8. The van der Waals surface area contributed by atoms with Gasteiger partial charge in [0.05, 0.1) is 18.8 Å². The number of carbonyl (C=O) groups excluding carboxylic acids is 1. The molecule has 1 aliphatic heterocycles. The molecule has 136 valence electrons. The molecule has 1 amide bonds. The second kappa shape index (κ2) is 7.87. The SMILES string of the molecule is O=C(c1cccnc1)N(Cc1cccc(OCC2CCOC2)c1)C1CC1. The van der Waals surface area contributed by atoms with E-state index in [4.69, 9.17) is 9.47 Å². The topological polar surface area (TPSA) is 51.7 Å². The fourth-order valence-corrected chi connectivity index (χ4v) is 3.27. The van der Waals surface area contributed by atoms with Gasteiger partial charge in [-0.05, 0) is 49.1 Å². The molecule has 1 saturated carbocycles. The van der Waals surface area contributed by atoms with E-state index < -0.39 is 0 Å². The molecule has 1 aliphatic carbocycles. The Morgan fingerprint density at radius 2 is 2.15 bits per heavy atom. The van der Waals surface area contributed by atoms with Crippen LogP contribution >= 0.6 is 0 Å². The van der Waals surface area contributed by atoms with Crippen LogP contribution in [-0.4, -0.2) is 41.7 Å². The highest BCUT2D eigenvalue weighted by Gasteiger charge is 2.33. The first-order chi connectivity index (χ1) is 12.8. The van der Waals surface area contributed by atoms with Crippen molar-refractivity contribution in [3.05, 3.63) is 59.9 Å². The molecule has 0 radical (unpaired) electrons. The molecule has 1 atom stereocenters. The summed E-state index contributed by atoms with van der Waals surface area (Å²) in [7, 11) is 0. The van der Waals surface area contributed by atoms with Crippen molar-refractivity contribution in [3.8, 4) is 5.75 Å². The Balaban J connectivity index is 1.42. The summed E-state index contributed by atoms with van der Waals surface area (Å²) in [4.78, 5) is 18.9. The zero-order valence-corrected chi connectivity index (χ0v) is 14.8. The van der Waals surface area contributed by atoms with Crippen LogP contribution in [0, 0.1) is 5.92 Å². The molecule has 0 N–H and O–H groups in total. The first-order valence-electron chi connectivity index (χ1n) is 9.30. The van der Waals surface area contributed by atoms with E-state index in [-0.39, 0.29) is 5.91 Å². The summed E-state index contributed by atoms with van der Waals surface area (Å²) in [6.45, 7) is 2.90. The number of amides is 1. The van der Waals surface area contributed by atoms with E-state index in [1.54, 1.807) is 18.5 Å². The fourth-order valence-electron chi connectivity index (χ4n) is 3.27. The number of benzene rings is 1. The van der Waals surface area contributed by atoms with Gasteiger partial charge in [-0.1, -0.05) is 12.1 Å². The quantitative estimate of drug-likeness (QED) is 0.767.